The molecule has 0 heterocycles. The second-order valence-corrected chi connectivity index (χ2v) is 7.45. The number of sulfonamides is 1. The topological polar surface area (TPSA) is 83.5 Å². The summed E-state index contributed by atoms with van der Waals surface area (Å²) in [6.07, 6.45) is 0. The Hall–Kier alpha value is -1.57. The van der Waals surface area contributed by atoms with E-state index in [0.717, 1.165) is 5.56 Å². The molecule has 0 radical (unpaired) electrons. The van der Waals surface area contributed by atoms with E-state index in [0.29, 0.717) is 0 Å². The van der Waals surface area contributed by atoms with Gasteiger partial charge in [0.15, 0.2) is 0 Å². The van der Waals surface area contributed by atoms with Crippen LogP contribution in [0, 0.1) is 6.92 Å². The number of hydrogen-bond donors (Lipinski definition) is 2. The Morgan fingerprint density at radius 1 is 1.18 bits per heavy atom. The molecular formula is C14H11BrClNO4S. The van der Waals surface area contributed by atoms with Gasteiger partial charge in [-0.15, -0.1) is 0 Å². The van der Waals surface area contributed by atoms with Crippen molar-refractivity contribution in [2.24, 2.45) is 0 Å². The summed E-state index contributed by atoms with van der Waals surface area (Å²) < 4.78 is 27.3. The van der Waals surface area contributed by atoms with Gasteiger partial charge >= 0.3 is 5.97 Å². The lowest BCUT2D eigenvalue weighted by molar-refractivity contribution is 0.0698. The summed E-state index contributed by atoms with van der Waals surface area (Å²) in [5.41, 5.74) is 0.487. The summed E-state index contributed by atoms with van der Waals surface area (Å²) in [5, 5.41) is 9.18. The first-order chi connectivity index (χ1) is 10.2. The molecule has 2 rings (SSSR count). The molecule has 0 fully saturated rings. The molecule has 0 atom stereocenters. The molecular weight excluding hydrogens is 394 g/mol. The first-order valence-corrected chi connectivity index (χ1v) is 8.68. The van der Waals surface area contributed by atoms with Gasteiger partial charge in [-0.3, -0.25) is 4.72 Å². The van der Waals surface area contributed by atoms with Crippen molar-refractivity contribution < 1.29 is 18.3 Å². The molecule has 2 aromatic rings. The lowest BCUT2D eigenvalue weighted by Gasteiger charge is -2.13. The summed E-state index contributed by atoms with van der Waals surface area (Å²) in [5.74, 6) is -1.33. The predicted molar refractivity (Wildman–Crippen MR) is 88.1 cm³/mol. The number of rotatable bonds is 4. The highest BCUT2D eigenvalue weighted by molar-refractivity contribution is 9.10. The van der Waals surface area contributed by atoms with Crippen LogP contribution in [0.3, 0.4) is 0 Å². The van der Waals surface area contributed by atoms with E-state index in [-0.39, 0.29) is 25.6 Å². The maximum atomic E-state index is 12.4. The lowest BCUT2D eigenvalue weighted by Crippen LogP contribution is -2.16. The van der Waals surface area contributed by atoms with E-state index in [1.165, 1.54) is 24.3 Å². The predicted octanol–water partition coefficient (Wildman–Crippen LogP) is 3.91. The highest BCUT2D eigenvalue weighted by atomic mass is 79.9. The number of carboxylic acids is 1. The Bertz CT molecular complexity index is 835. The van der Waals surface area contributed by atoms with Gasteiger partial charge in [-0.2, -0.15) is 0 Å². The van der Waals surface area contributed by atoms with Gasteiger partial charge in [0.1, 0.15) is 5.56 Å². The van der Waals surface area contributed by atoms with E-state index in [1.807, 2.05) is 6.92 Å². The number of aromatic carboxylic acids is 1. The van der Waals surface area contributed by atoms with Crippen molar-refractivity contribution in [3.05, 3.63) is 57.0 Å². The number of aryl methyl sites for hydroxylation is 1. The maximum Gasteiger partial charge on any atom is 0.339 e. The Balaban J connectivity index is 2.53. The van der Waals surface area contributed by atoms with Crippen LogP contribution < -0.4 is 4.72 Å². The van der Waals surface area contributed by atoms with E-state index in [9.17, 15) is 18.3 Å². The molecule has 0 aromatic heterocycles. The maximum absolute atomic E-state index is 12.4. The van der Waals surface area contributed by atoms with Gasteiger partial charge in [0.25, 0.3) is 10.0 Å². The average Bonchev–Trinajstić information content (AvgIpc) is 2.43. The van der Waals surface area contributed by atoms with Crippen LogP contribution in [0.2, 0.25) is 5.02 Å². The highest BCUT2D eigenvalue weighted by Gasteiger charge is 2.23. The van der Waals surface area contributed by atoms with Gasteiger partial charge in [-0.25, -0.2) is 13.2 Å². The molecule has 0 bridgehead atoms. The Kier molecular flexibility index (Phi) is 4.79. The standard InChI is InChI=1S/C14H11BrClNO4S/c1-8-2-4-9(5-3-8)22(20,21)17-13-10(15)6-7-11(16)12(13)14(18)19/h2-7,17H,1H3,(H,18,19). The molecule has 5 nitrogen and oxygen atoms in total. The first-order valence-electron chi connectivity index (χ1n) is 6.03. The van der Waals surface area contributed by atoms with Crippen LogP contribution in [0.15, 0.2) is 45.8 Å². The van der Waals surface area contributed by atoms with Gasteiger partial charge in [0.05, 0.1) is 15.6 Å². The molecule has 0 saturated carbocycles. The number of carboxylic acid groups (broad SMARTS) is 1. The monoisotopic (exact) mass is 403 g/mol. The fourth-order valence-electron chi connectivity index (χ4n) is 1.77. The molecule has 0 saturated heterocycles. The van der Waals surface area contributed by atoms with Crippen LogP contribution in [-0.4, -0.2) is 19.5 Å². The van der Waals surface area contributed by atoms with Gasteiger partial charge < -0.3 is 5.11 Å². The minimum Gasteiger partial charge on any atom is -0.478 e. The zero-order valence-electron chi connectivity index (χ0n) is 11.3. The molecule has 0 aliphatic heterocycles. The molecule has 0 aliphatic rings. The number of hydrogen-bond acceptors (Lipinski definition) is 3. The third-order valence-corrected chi connectivity index (χ3v) is 5.23. The summed E-state index contributed by atoms with van der Waals surface area (Å²) in [6.45, 7) is 1.83. The molecule has 8 heteroatoms. The van der Waals surface area contributed by atoms with Crippen molar-refractivity contribution in [2.75, 3.05) is 4.72 Å². The normalized spacial score (nSPS) is 11.2. The van der Waals surface area contributed by atoms with E-state index in [1.54, 1.807) is 12.1 Å². The van der Waals surface area contributed by atoms with E-state index in [2.05, 4.69) is 20.7 Å². The number of anilines is 1. The molecule has 0 unspecified atom stereocenters. The second kappa shape index (κ2) is 6.28. The van der Waals surface area contributed by atoms with Gasteiger partial charge in [0, 0.05) is 4.47 Å². The lowest BCUT2D eigenvalue weighted by atomic mass is 10.2. The van der Waals surface area contributed by atoms with Crippen LogP contribution in [0.1, 0.15) is 15.9 Å². The Labute approximate surface area is 141 Å². The summed E-state index contributed by atoms with van der Waals surface area (Å²) >= 11 is 8.99. The highest BCUT2D eigenvalue weighted by Crippen LogP contribution is 2.33. The molecule has 2 aromatic carbocycles. The van der Waals surface area contributed by atoms with Crippen LogP contribution in [-0.2, 0) is 10.0 Å². The quantitative estimate of drug-likeness (QED) is 0.809. The molecule has 0 amide bonds. The van der Waals surface area contributed by atoms with Gasteiger partial charge in [-0.1, -0.05) is 29.3 Å². The fraction of sp³-hybridized carbons (Fsp3) is 0.0714. The van der Waals surface area contributed by atoms with Crippen LogP contribution in [0.4, 0.5) is 5.69 Å². The molecule has 0 spiro atoms. The van der Waals surface area contributed by atoms with E-state index < -0.39 is 16.0 Å². The first kappa shape index (κ1) is 16.8. The van der Waals surface area contributed by atoms with E-state index >= 15 is 0 Å². The van der Waals surface area contributed by atoms with Gasteiger partial charge in [-0.05, 0) is 47.1 Å². The number of nitrogens with one attached hydrogen (secondary N) is 1. The van der Waals surface area contributed by atoms with E-state index in [4.69, 9.17) is 11.6 Å². The van der Waals surface area contributed by atoms with Crippen molar-refractivity contribution in [1.82, 2.24) is 0 Å². The number of carbonyl (C=O) groups is 1. The van der Waals surface area contributed by atoms with Crippen LogP contribution >= 0.6 is 27.5 Å². The number of benzene rings is 2. The minimum absolute atomic E-state index is 0.0290. The van der Waals surface area contributed by atoms with Crippen molar-refractivity contribution >= 4 is 49.2 Å². The Morgan fingerprint density at radius 3 is 2.32 bits per heavy atom. The summed E-state index contributed by atoms with van der Waals surface area (Å²) in [7, 11) is -3.93. The molecule has 2 N–H and O–H groups in total. The fourth-order valence-corrected chi connectivity index (χ4v) is 3.66. The largest absolute Gasteiger partial charge is 0.478 e. The van der Waals surface area contributed by atoms with Crippen molar-refractivity contribution in [1.29, 1.82) is 0 Å². The second-order valence-electron chi connectivity index (χ2n) is 4.50. The number of halogens is 2. The smallest absolute Gasteiger partial charge is 0.339 e. The zero-order valence-corrected chi connectivity index (χ0v) is 14.5. The average molecular weight is 405 g/mol. The molecule has 0 aliphatic carbocycles. The summed E-state index contributed by atoms with van der Waals surface area (Å²) in [4.78, 5) is 11.4. The molecule has 116 valence electrons. The third-order valence-electron chi connectivity index (χ3n) is 2.89. The van der Waals surface area contributed by atoms with Crippen molar-refractivity contribution in [3.8, 4) is 0 Å². The van der Waals surface area contributed by atoms with Gasteiger partial charge in [0.2, 0.25) is 0 Å². The van der Waals surface area contributed by atoms with Crippen molar-refractivity contribution in [3.63, 3.8) is 0 Å². The summed E-state index contributed by atoms with van der Waals surface area (Å²) in [6, 6.07) is 9.03. The zero-order chi connectivity index (χ0) is 16.5. The minimum atomic E-state index is -3.93. The SMILES string of the molecule is Cc1ccc(S(=O)(=O)Nc2c(Br)ccc(Cl)c2C(=O)O)cc1. The van der Waals surface area contributed by atoms with Crippen LogP contribution in [0.25, 0.3) is 0 Å². The molecule has 22 heavy (non-hydrogen) atoms. The third kappa shape index (κ3) is 3.43. The van der Waals surface area contributed by atoms with Crippen molar-refractivity contribution in [2.45, 2.75) is 11.8 Å². The Morgan fingerprint density at radius 2 is 1.77 bits per heavy atom. The van der Waals surface area contributed by atoms with Crippen LogP contribution in [0.5, 0.6) is 0 Å².